The molecule has 0 radical (unpaired) electrons. The number of sulfonamides is 1. The molecule has 1 amide bonds. The smallest absolute Gasteiger partial charge is 0.261 e. The van der Waals surface area contributed by atoms with Crippen LogP contribution in [0.4, 0.5) is 5.69 Å². The molecule has 0 saturated heterocycles. The molecule has 0 aliphatic heterocycles. The number of aryl methyl sites for hydroxylation is 1. The Hall–Kier alpha value is -3.59. The summed E-state index contributed by atoms with van der Waals surface area (Å²) >= 11 is 0. The van der Waals surface area contributed by atoms with Gasteiger partial charge >= 0.3 is 0 Å². The van der Waals surface area contributed by atoms with Crippen LogP contribution in [0.15, 0.2) is 65.7 Å². The third-order valence-electron chi connectivity index (χ3n) is 5.13. The van der Waals surface area contributed by atoms with Crippen LogP contribution in [-0.4, -0.2) is 33.5 Å². The molecule has 0 saturated carbocycles. The number of pyridine rings is 1. The summed E-state index contributed by atoms with van der Waals surface area (Å²) in [6.07, 6.45) is 2.24. The van der Waals surface area contributed by atoms with E-state index in [1.807, 2.05) is 19.9 Å². The van der Waals surface area contributed by atoms with Crippen molar-refractivity contribution >= 4 is 21.6 Å². The molecule has 0 aliphatic carbocycles. The van der Waals surface area contributed by atoms with E-state index in [4.69, 9.17) is 9.47 Å². The number of amides is 1. The number of benzene rings is 2. The van der Waals surface area contributed by atoms with E-state index >= 15 is 0 Å². The molecule has 2 aromatic carbocycles. The average Bonchev–Trinajstić information content (AvgIpc) is 2.82. The van der Waals surface area contributed by atoms with Crippen molar-refractivity contribution in [1.82, 2.24) is 10.3 Å². The highest BCUT2D eigenvalue weighted by Gasteiger charge is 2.22. The first-order valence-electron chi connectivity index (χ1n) is 10.4. The minimum atomic E-state index is -3.89. The van der Waals surface area contributed by atoms with E-state index < -0.39 is 15.9 Å². The quantitative estimate of drug-likeness (QED) is 0.489. The molecule has 8 nitrogen and oxygen atoms in total. The fourth-order valence-electron chi connectivity index (χ4n) is 3.22. The Labute approximate surface area is 194 Å². The van der Waals surface area contributed by atoms with E-state index in [0.29, 0.717) is 18.1 Å². The summed E-state index contributed by atoms with van der Waals surface area (Å²) in [5, 5.41) is 2.95. The largest absolute Gasteiger partial charge is 0.497 e. The summed E-state index contributed by atoms with van der Waals surface area (Å²) in [5.74, 6) is 0.455. The van der Waals surface area contributed by atoms with E-state index in [2.05, 4.69) is 15.0 Å². The predicted octanol–water partition coefficient (Wildman–Crippen LogP) is 4.09. The Morgan fingerprint density at radius 2 is 1.76 bits per heavy atom. The van der Waals surface area contributed by atoms with Crippen molar-refractivity contribution in [3.8, 4) is 11.6 Å². The summed E-state index contributed by atoms with van der Waals surface area (Å²) in [6.45, 7) is 3.81. The molecule has 1 heterocycles. The van der Waals surface area contributed by atoms with Crippen molar-refractivity contribution in [2.75, 3.05) is 18.9 Å². The number of hydrogen-bond donors (Lipinski definition) is 2. The normalized spacial score (nSPS) is 12.0. The van der Waals surface area contributed by atoms with E-state index in [0.717, 1.165) is 11.1 Å². The molecule has 0 aliphatic rings. The predicted molar refractivity (Wildman–Crippen MR) is 126 cm³/mol. The Morgan fingerprint density at radius 1 is 1.03 bits per heavy atom. The standard InChI is InChI=1S/C24H27N3O5S/c1-5-21(17-8-13-23(32-4)25-15-17)26-24(28)20-14-18(31-3)9-12-22(20)27-33(29,30)19-10-6-16(2)7-11-19/h6-15,21,27H,5H2,1-4H3,(H,26,28). The molecule has 0 bridgehead atoms. The zero-order valence-corrected chi connectivity index (χ0v) is 19.8. The SMILES string of the molecule is CCC(NC(=O)c1cc(OC)ccc1NS(=O)(=O)c1ccc(C)cc1)c1ccc(OC)nc1. The zero-order chi connectivity index (χ0) is 24.0. The second kappa shape index (κ2) is 10.4. The molecule has 2 N–H and O–H groups in total. The van der Waals surface area contributed by atoms with Gasteiger partial charge in [-0.25, -0.2) is 13.4 Å². The first-order valence-corrected chi connectivity index (χ1v) is 11.8. The van der Waals surface area contributed by atoms with Gasteiger partial charge in [-0.1, -0.05) is 30.7 Å². The highest BCUT2D eigenvalue weighted by molar-refractivity contribution is 7.92. The van der Waals surface area contributed by atoms with Crippen LogP contribution in [0.25, 0.3) is 0 Å². The van der Waals surface area contributed by atoms with Gasteiger partial charge < -0.3 is 14.8 Å². The Kier molecular flexibility index (Phi) is 7.55. The first kappa shape index (κ1) is 24.1. The lowest BCUT2D eigenvalue weighted by molar-refractivity contribution is 0.0936. The third kappa shape index (κ3) is 5.81. The van der Waals surface area contributed by atoms with Crippen molar-refractivity contribution in [2.45, 2.75) is 31.2 Å². The van der Waals surface area contributed by atoms with Gasteiger partial charge in [0.05, 0.1) is 36.4 Å². The molecule has 1 aromatic heterocycles. The average molecular weight is 470 g/mol. The van der Waals surface area contributed by atoms with Crippen LogP contribution >= 0.6 is 0 Å². The lowest BCUT2D eigenvalue weighted by atomic mass is 10.1. The minimum Gasteiger partial charge on any atom is -0.497 e. The van der Waals surface area contributed by atoms with Crippen LogP contribution in [-0.2, 0) is 10.0 Å². The molecule has 9 heteroatoms. The van der Waals surface area contributed by atoms with Gasteiger partial charge in [-0.2, -0.15) is 0 Å². The van der Waals surface area contributed by atoms with E-state index in [9.17, 15) is 13.2 Å². The van der Waals surface area contributed by atoms with Gasteiger partial charge in [0.2, 0.25) is 5.88 Å². The van der Waals surface area contributed by atoms with Crippen molar-refractivity contribution in [1.29, 1.82) is 0 Å². The van der Waals surface area contributed by atoms with Gasteiger partial charge in [-0.15, -0.1) is 0 Å². The maximum absolute atomic E-state index is 13.2. The number of nitrogens with one attached hydrogen (secondary N) is 2. The van der Waals surface area contributed by atoms with Crippen LogP contribution in [0.3, 0.4) is 0 Å². The van der Waals surface area contributed by atoms with Gasteiger partial charge in [-0.05, 0) is 49.2 Å². The summed E-state index contributed by atoms with van der Waals surface area (Å²) in [6, 6.07) is 14.3. The number of carbonyl (C=O) groups excluding carboxylic acids is 1. The van der Waals surface area contributed by atoms with Crippen LogP contribution < -0.4 is 19.5 Å². The Bertz CT molecular complexity index is 1210. The van der Waals surface area contributed by atoms with Crippen molar-refractivity contribution in [2.24, 2.45) is 0 Å². The van der Waals surface area contributed by atoms with Gasteiger partial charge in [0, 0.05) is 12.3 Å². The highest BCUT2D eigenvalue weighted by Crippen LogP contribution is 2.26. The van der Waals surface area contributed by atoms with Crippen molar-refractivity contribution < 1.29 is 22.7 Å². The summed E-state index contributed by atoms with van der Waals surface area (Å²) < 4.78 is 38.7. The number of anilines is 1. The molecule has 0 spiro atoms. The monoisotopic (exact) mass is 469 g/mol. The maximum atomic E-state index is 13.2. The van der Waals surface area contributed by atoms with Crippen LogP contribution in [0.2, 0.25) is 0 Å². The second-order valence-corrected chi connectivity index (χ2v) is 9.08. The lowest BCUT2D eigenvalue weighted by Crippen LogP contribution is -2.29. The maximum Gasteiger partial charge on any atom is 0.261 e. The highest BCUT2D eigenvalue weighted by atomic mass is 32.2. The summed E-state index contributed by atoms with van der Waals surface area (Å²) in [4.78, 5) is 17.5. The zero-order valence-electron chi connectivity index (χ0n) is 19.0. The topological polar surface area (TPSA) is 107 Å². The molecule has 33 heavy (non-hydrogen) atoms. The number of rotatable bonds is 9. The third-order valence-corrected chi connectivity index (χ3v) is 6.51. The molecule has 3 aromatic rings. The number of hydrogen-bond acceptors (Lipinski definition) is 6. The molecule has 0 fully saturated rings. The van der Waals surface area contributed by atoms with Gasteiger partial charge in [-0.3, -0.25) is 9.52 Å². The van der Waals surface area contributed by atoms with E-state index in [1.54, 1.807) is 30.5 Å². The second-order valence-electron chi connectivity index (χ2n) is 7.40. The van der Waals surface area contributed by atoms with Crippen LogP contribution in [0.1, 0.15) is 40.9 Å². The Morgan fingerprint density at radius 3 is 2.33 bits per heavy atom. The molecular weight excluding hydrogens is 442 g/mol. The van der Waals surface area contributed by atoms with Crippen LogP contribution in [0.5, 0.6) is 11.6 Å². The fraction of sp³-hybridized carbons (Fsp3) is 0.250. The van der Waals surface area contributed by atoms with Gasteiger partial charge in [0.15, 0.2) is 0 Å². The summed E-state index contributed by atoms with van der Waals surface area (Å²) in [7, 11) is -0.886. The number of aromatic nitrogens is 1. The number of nitrogens with zero attached hydrogens (tertiary/aromatic N) is 1. The van der Waals surface area contributed by atoms with Gasteiger partial charge in [0.1, 0.15) is 5.75 Å². The fourth-order valence-corrected chi connectivity index (χ4v) is 4.30. The summed E-state index contributed by atoms with van der Waals surface area (Å²) in [5.41, 5.74) is 2.04. The number of ether oxygens (including phenoxy) is 2. The van der Waals surface area contributed by atoms with E-state index in [-0.39, 0.29) is 22.2 Å². The van der Waals surface area contributed by atoms with Gasteiger partial charge in [0.25, 0.3) is 15.9 Å². The first-order chi connectivity index (χ1) is 15.8. The lowest BCUT2D eigenvalue weighted by Gasteiger charge is -2.19. The molecule has 174 valence electrons. The number of methoxy groups -OCH3 is 2. The Balaban J connectivity index is 1.90. The molecular formula is C24H27N3O5S. The molecule has 1 unspecified atom stereocenters. The minimum absolute atomic E-state index is 0.103. The number of carbonyl (C=O) groups is 1. The van der Waals surface area contributed by atoms with Crippen molar-refractivity contribution in [3.05, 3.63) is 77.5 Å². The molecule has 3 rings (SSSR count). The molecule has 1 atom stereocenters. The van der Waals surface area contributed by atoms with Crippen molar-refractivity contribution in [3.63, 3.8) is 0 Å². The van der Waals surface area contributed by atoms with Crippen LogP contribution in [0, 0.1) is 6.92 Å². The van der Waals surface area contributed by atoms with E-state index in [1.165, 1.54) is 38.5 Å².